The minimum atomic E-state index is -4.58. The SMILES string of the molecule is [B]C([B])(OP1(=O)OCc2ccccc2O1)[C@]1(F)C[C@@H](O)[C@]([B])(n2cc(C=O)c(=O)[nH]c2=O)O1. The average molecular weight is 472 g/mol. The molecule has 1 aromatic heterocycles. The third kappa shape index (κ3) is 3.93. The molecule has 0 bridgehead atoms. The minimum Gasteiger partial charge on any atom is -0.404 e. The van der Waals surface area contributed by atoms with Gasteiger partial charge in [0.2, 0.25) is 5.85 Å². The first kappa shape index (κ1) is 23.7. The van der Waals surface area contributed by atoms with E-state index >= 15 is 4.39 Å². The van der Waals surface area contributed by atoms with Crippen LogP contribution in [-0.2, 0) is 30.6 Å². The van der Waals surface area contributed by atoms with Crippen molar-refractivity contribution in [1.82, 2.24) is 9.55 Å². The molecule has 166 valence electrons. The number of hydrogen-bond acceptors (Lipinski definition) is 9. The van der Waals surface area contributed by atoms with Gasteiger partial charge >= 0.3 is 13.5 Å². The summed E-state index contributed by atoms with van der Waals surface area (Å²) >= 11 is 0. The highest BCUT2D eigenvalue weighted by Crippen LogP contribution is 2.59. The first-order valence-electron chi connectivity index (χ1n) is 9.31. The highest BCUT2D eigenvalue weighted by Gasteiger charge is 2.63. The van der Waals surface area contributed by atoms with E-state index in [1.54, 1.807) is 23.2 Å². The van der Waals surface area contributed by atoms with Crippen LogP contribution < -0.4 is 15.8 Å². The van der Waals surface area contributed by atoms with Crippen molar-refractivity contribution in [2.45, 2.75) is 36.0 Å². The van der Waals surface area contributed by atoms with E-state index in [9.17, 15) is 24.1 Å². The number of nitrogens with one attached hydrogen (secondary N) is 1. The first-order chi connectivity index (χ1) is 15.3. The Morgan fingerprint density at radius 2 is 2.06 bits per heavy atom. The molecule has 1 fully saturated rings. The molecule has 0 saturated carbocycles. The Bertz CT molecular complexity index is 1290. The summed E-state index contributed by atoms with van der Waals surface area (Å²) in [5.41, 5.74) is -5.02. The van der Waals surface area contributed by atoms with Gasteiger partial charge in [-0.25, -0.2) is 13.8 Å². The van der Waals surface area contributed by atoms with E-state index in [0.29, 0.717) is 16.3 Å². The second-order valence-electron chi connectivity index (χ2n) is 7.44. The number of rotatable bonds is 5. The summed E-state index contributed by atoms with van der Waals surface area (Å²) in [6.07, 6.45) is -2.32. The Labute approximate surface area is 189 Å². The quantitative estimate of drug-likeness (QED) is 0.328. The fourth-order valence-electron chi connectivity index (χ4n) is 3.35. The maximum Gasteiger partial charge on any atom is 0.529 e. The first-order valence-corrected chi connectivity index (χ1v) is 10.8. The molecule has 6 radical (unpaired) electrons. The molecule has 16 heteroatoms. The maximum absolute atomic E-state index is 15.8. The predicted octanol–water partition coefficient (Wildman–Crippen LogP) is -0.700. The number of benzene rings is 1. The molecule has 11 nitrogen and oxygen atoms in total. The Balaban J connectivity index is 1.65. The van der Waals surface area contributed by atoms with Crippen molar-refractivity contribution in [2.24, 2.45) is 0 Å². The number of para-hydroxylation sites is 1. The zero-order valence-electron chi connectivity index (χ0n) is 16.7. The summed E-state index contributed by atoms with van der Waals surface area (Å²) in [6.45, 7) is -0.228. The van der Waals surface area contributed by atoms with Crippen molar-refractivity contribution in [2.75, 3.05) is 0 Å². The Morgan fingerprint density at radius 3 is 2.76 bits per heavy atom. The number of aliphatic hydroxyl groups is 1. The van der Waals surface area contributed by atoms with E-state index in [0.717, 1.165) is 0 Å². The second kappa shape index (κ2) is 7.81. The number of aromatic amines is 1. The monoisotopic (exact) mass is 472 g/mol. The topological polar surface area (TPSA) is 146 Å². The summed E-state index contributed by atoms with van der Waals surface area (Å²) in [4.78, 5) is 36.7. The zero-order chi connectivity index (χ0) is 24.2. The third-order valence-corrected chi connectivity index (χ3v) is 6.53. The second-order valence-corrected chi connectivity index (χ2v) is 8.96. The van der Waals surface area contributed by atoms with Gasteiger partial charge < -0.3 is 14.4 Å². The van der Waals surface area contributed by atoms with Crippen LogP contribution in [0.25, 0.3) is 0 Å². The number of phosphoric acid groups is 1. The van der Waals surface area contributed by atoms with Crippen molar-refractivity contribution < 1.29 is 37.2 Å². The Kier molecular flexibility index (Phi) is 5.61. The van der Waals surface area contributed by atoms with Gasteiger partial charge in [0, 0.05) is 18.2 Å². The molecular formula is C17H13B3FN2O9P. The maximum atomic E-state index is 15.8. The lowest BCUT2D eigenvalue weighted by atomic mass is 9.60. The third-order valence-electron chi connectivity index (χ3n) is 5.14. The molecule has 0 amide bonds. The molecule has 2 aliphatic rings. The molecule has 3 heterocycles. The predicted molar refractivity (Wildman–Crippen MR) is 111 cm³/mol. The van der Waals surface area contributed by atoms with Crippen LogP contribution in [0.1, 0.15) is 22.3 Å². The zero-order valence-corrected chi connectivity index (χ0v) is 17.6. The van der Waals surface area contributed by atoms with Gasteiger partial charge in [-0.05, 0) is 6.07 Å². The molecule has 4 atom stereocenters. The van der Waals surface area contributed by atoms with E-state index in [2.05, 4.69) is 0 Å². The lowest BCUT2D eigenvalue weighted by molar-refractivity contribution is -0.219. The van der Waals surface area contributed by atoms with Crippen molar-refractivity contribution in [1.29, 1.82) is 0 Å². The number of nitrogens with zero attached hydrogens (tertiary/aromatic N) is 1. The lowest BCUT2D eigenvalue weighted by Crippen LogP contribution is -2.56. The molecule has 4 rings (SSSR count). The van der Waals surface area contributed by atoms with Crippen LogP contribution in [0.15, 0.2) is 40.1 Å². The van der Waals surface area contributed by atoms with E-state index in [1.807, 2.05) is 0 Å². The van der Waals surface area contributed by atoms with Gasteiger partial charge in [-0.3, -0.25) is 28.2 Å². The summed E-state index contributed by atoms with van der Waals surface area (Å²) in [7, 11) is 12.8. The largest absolute Gasteiger partial charge is 0.529 e. The molecule has 1 aromatic carbocycles. The van der Waals surface area contributed by atoms with E-state index in [4.69, 9.17) is 41.8 Å². The number of aliphatic hydroxyl groups excluding tert-OH is 1. The Morgan fingerprint density at radius 1 is 1.36 bits per heavy atom. The van der Waals surface area contributed by atoms with Gasteiger partial charge in [-0.15, -0.1) is 0 Å². The number of aldehydes is 1. The van der Waals surface area contributed by atoms with Gasteiger partial charge in [-0.2, -0.15) is 0 Å². The molecule has 2 N–H and O–H groups in total. The van der Waals surface area contributed by atoms with Gasteiger partial charge in [0.15, 0.2) is 6.29 Å². The summed E-state index contributed by atoms with van der Waals surface area (Å²) in [5, 5.41) is 7.34. The number of phosphoric ester groups is 1. The number of carbonyl (C=O) groups is 1. The van der Waals surface area contributed by atoms with Crippen molar-refractivity contribution in [3.63, 3.8) is 0 Å². The Hall–Kier alpha value is -2.44. The summed E-state index contributed by atoms with van der Waals surface area (Å²) in [6, 6.07) is 6.35. The van der Waals surface area contributed by atoms with Gasteiger partial charge in [-0.1, -0.05) is 18.2 Å². The number of carbonyl (C=O) groups excluding carboxylic acids is 1. The number of fused-ring (bicyclic) bond motifs is 1. The van der Waals surface area contributed by atoms with Crippen LogP contribution in [-0.4, -0.2) is 61.8 Å². The number of alkyl halides is 1. The molecule has 1 unspecified atom stereocenters. The van der Waals surface area contributed by atoms with Crippen LogP contribution in [0.2, 0.25) is 0 Å². The number of ether oxygens (including phenoxy) is 1. The molecule has 33 heavy (non-hydrogen) atoms. The number of halogens is 1. The minimum absolute atomic E-state index is 0.0999. The fourth-order valence-corrected chi connectivity index (χ4v) is 4.71. The average Bonchev–Trinajstić information content (AvgIpc) is 2.97. The molecule has 2 aliphatic heterocycles. The molecule has 0 aliphatic carbocycles. The fraction of sp³-hybridized carbons (Fsp3) is 0.353. The van der Waals surface area contributed by atoms with Crippen molar-refractivity contribution in [3.05, 3.63) is 62.4 Å². The van der Waals surface area contributed by atoms with Crippen LogP contribution in [0.3, 0.4) is 0 Å². The lowest BCUT2D eigenvalue weighted by Gasteiger charge is -2.41. The molecular weight excluding hydrogens is 459 g/mol. The number of H-pyrrole nitrogens is 1. The van der Waals surface area contributed by atoms with Crippen molar-refractivity contribution >= 4 is 37.6 Å². The van der Waals surface area contributed by atoms with E-state index < -0.39 is 54.0 Å². The van der Waals surface area contributed by atoms with Gasteiger partial charge in [0.25, 0.3) is 5.56 Å². The highest BCUT2D eigenvalue weighted by atomic mass is 31.2. The van der Waals surface area contributed by atoms with E-state index in [1.165, 1.54) is 6.07 Å². The highest BCUT2D eigenvalue weighted by molar-refractivity contribution is 7.49. The van der Waals surface area contributed by atoms with Crippen LogP contribution in [0.5, 0.6) is 5.75 Å². The molecule has 0 spiro atoms. The van der Waals surface area contributed by atoms with Crippen LogP contribution >= 0.6 is 7.82 Å². The van der Waals surface area contributed by atoms with Crippen molar-refractivity contribution in [3.8, 4) is 5.75 Å². The van der Waals surface area contributed by atoms with Crippen LogP contribution in [0.4, 0.5) is 4.39 Å². The van der Waals surface area contributed by atoms with Gasteiger partial charge in [0.1, 0.15) is 34.9 Å². The molecule has 1 saturated heterocycles. The van der Waals surface area contributed by atoms with Crippen LogP contribution in [0, 0.1) is 0 Å². The number of aromatic nitrogens is 2. The standard InChI is InChI=1S/C17H13B3FN2O9P/c18-16(23-6-10(7-24)13(26)22-14(23)27)12(25)5-15(21,31-16)17(19,20)32-33(28)29-8-9-3-1-2-4-11(9)30-33/h1-4,6-7,12,25H,5,8H2,(H,22,26,27)/t12-,15+,16+,33?/m1/s1. The summed E-state index contributed by atoms with van der Waals surface area (Å²) in [5.74, 6) is -3.24. The van der Waals surface area contributed by atoms with E-state index in [-0.39, 0.29) is 18.6 Å². The normalized spacial score (nSPS) is 31.5. The van der Waals surface area contributed by atoms with Gasteiger partial charge in [0.05, 0.1) is 23.7 Å². The number of hydrogen-bond donors (Lipinski definition) is 2. The molecule has 2 aromatic rings. The summed E-state index contributed by atoms with van der Waals surface area (Å²) < 4.78 is 49.4. The smallest absolute Gasteiger partial charge is 0.404 e.